The summed E-state index contributed by atoms with van der Waals surface area (Å²) in [7, 11) is -3.75. The molecule has 0 unspecified atom stereocenters. The van der Waals surface area contributed by atoms with Gasteiger partial charge in [-0.1, -0.05) is 24.6 Å². The molecule has 144 valence electrons. The Balaban J connectivity index is 1.85. The average Bonchev–Trinajstić information content (AvgIpc) is 2.64. The van der Waals surface area contributed by atoms with Crippen molar-refractivity contribution < 1.29 is 17.6 Å². The number of halogens is 1. The van der Waals surface area contributed by atoms with E-state index in [-0.39, 0.29) is 10.5 Å². The summed E-state index contributed by atoms with van der Waals surface area (Å²) in [4.78, 5) is 12.4. The van der Waals surface area contributed by atoms with Crippen LogP contribution >= 0.6 is 0 Å². The van der Waals surface area contributed by atoms with Gasteiger partial charge < -0.3 is 5.32 Å². The first kappa shape index (κ1) is 19.5. The van der Waals surface area contributed by atoms with Crippen molar-refractivity contribution in [1.82, 2.24) is 4.31 Å². The first-order valence-corrected chi connectivity index (χ1v) is 10.4. The monoisotopic (exact) mass is 390 g/mol. The van der Waals surface area contributed by atoms with Gasteiger partial charge in [-0.25, -0.2) is 12.8 Å². The SMILES string of the molecule is Cc1ccc(NC(=O)c2cc(S(=O)(=O)N3CCC(C)CC3)ccc2F)cc1. The van der Waals surface area contributed by atoms with Gasteiger partial charge in [0.2, 0.25) is 10.0 Å². The van der Waals surface area contributed by atoms with E-state index in [2.05, 4.69) is 12.2 Å². The van der Waals surface area contributed by atoms with E-state index in [9.17, 15) is 17.6 Å². The number of hydrogen-bond acceptors (Lipinski definition) is 3. The van der Waals surface area contributed by atoms with Crippen LogP contribution in [0.2, 0.25) is 0 Å². The first-order valence-electron chi connectivity index (χ1n) is 8.95. The molecule has 5 nitrogen and oxygen atoms in total. The fourth-order valence-corrected chi connectivity index (χ4v) is 4.54. The van der Waals surface area contributed by atoms with E-state index < -0.39 is 21.7 Å². The molecule has 1 saturated heterocycles. The van der Waals surface area contributed by atoms with Crippen LogP contribution in [0.5, 0.6) is 0 Å². The lowest BCUT2D eigenvalue weighted by molar-refractivity contribution is 0.102. The van der Waals surface area contributed by atoms with Gasteiger partial charge >= 0.3 is 0 Å². The zero-order valence-corrected chi connectivity index (χ0v) is 16.2. The highest BCUT2D eigenvalue weighted by Crippen LogP contribution is 2.25. The lowest BCUT2D eigenvalue weighted by Gasteiger charge is -2.29. The molecule has 0 saturated carbocycles. The van der Waals surface area contributed by atoms with Gasteiger partial charge in [0.1, 0.15) is 5.82 Å². The third-order valence-electron chi connectivity index (χ3n) is 4.87. The molecule has 0 aromatic heterocycles. The Bertz CT molecular complexity index is 934. The summed E-state index contributed by atoms with van der Waals surface area (Å²) in [6.45, 7) is 4.88. The van der Waals surface area contributed by atoms with Gasteiger partial charge in [-0.15, -0.1) is 0 Å². The summed E-state index contributed by atoms with van der Waals surface area (Å²) in [6, 6.07) is 10.4. The fourth-order valence-electron chi connectivity index (χ4n) is 3.05. The van der Waals surface area contributed by atoms with Crippen LogP contribution in [0.1, 0.15) is 35.7 Å². The second kappa shape index (κ2) is 7.78. The Morgan fingerprint density at radius 3 is 2.37 bits per heavy atom. The summed E-state index contributed by atoms with van der Waals surface area (Å²) in [6.07, 6.45) is 1.59. The van der Waals surface area contributed by atoms with E-state index in [0.29, 0.717) is 24.7 Å². The van der Waals surface area contributed by atoms with Crippen molar-refractivity contribution in [3.8, 4) is 0 Å². The van der Waals surface area contributed by atoms with Gasteiger partial charge in [0.05, 0.1) is 10.5 Å². The van der Waals surface area contributed by atoms with Crippen LogP contribution in [0.4, 0.5) is 10.1 Å². The first-order chi connectivity index (χ1) is 12.8. The number of amides is 1. The number of anilines is 1. The molecule has 1 heterocycles. The number of aryl methyl sites for hydroxylation is 1. The van der Waals surface area contributed by atoms with Crippen molar-refractivity contribution in [2.45, 2.75) is 31.6 Å². The standard InChI is InChI=1S/C20H23FN2O3S/c1-14-3-5-16(6-4-14)22-20(24)18-13-17(7-8-19(18)21)27(25,26)23-11-9-15(2)10-12-23/h3-8,13,15H,9-12H2,1-2H3,(H,22,24). The number of benzene rings is 2. The predicted molar refractivity (Wildman–Crippen MR) is 103 cm³/mol. The Morgan fingerprint density at radius 1 is 1.11 bits per heavy atom. The molecule has 0 radical (unpaired) electrons. The molecular formula is C20H23FN2O3S. The Hall–Kier alpha value is -2.25. The summed E-state index contributed by atoms with van der Waals surface area (Å²) >= 11 is 0. The number of piperidine rings is 1. The molecule has 2 aromatic carbocycles. The van der Waals surface area contributed by atoms with Gasteiger partial charge in [-0.2, -0.15) is 4.31 Å². The van der Waals surface area contributed by atoms with Crippen molar-refractivity contribution >= 4 is 21.6 Å². The molecule has 1 N–H and O–H groups in total. The second-order valence-electron chi connectivity index (χ2n) is 7.05. The highest BCUT2D eigenvalue weighted by Gasteiger charge is 2.29. The second-order valence-corrected chi connectivity index (χ2v) is 8.99. The van der Waals surface area contributed by atoms with Gasteiger partial charge in [-0.05, 0) is 56.0 Å². The lowest BCUT2D eigenvalue weighted by Crippen LogP contribution is -2.38. The van der Waals surface area contributed by atoms with Crippen LogP contribution in [0.25, 0.3) is 0 Å². The maximum Gasteiger partial charge on any atom is 0.258 e. The van der Waals surface area contributed by atoms with E-state index >= 15 is 0 Å². The van der Waals surface area contributed by atoms with Crippen LogP contribution < -0.4 is 5.32 Å². The lowest BCUT2D eigenvalue weighted by atomic mass is 10.0. The molecule has 1 aliphatic heterocycles. The third-order valence-corrected chi connectivity index (χ3v) is 6.77. The summed E-state index contributed by atoms with van der Waals surface area (Å²) < 4.78 is 41.3. The number of hydrogen-bond donors (Lipinski definition) is 1. The molecule has 2 aromatic rings. The van der Waals surface area contributed by atoms with E-state index in [0.717, 1.165) is 30.5 Å². The van der Waals surface area contributed by atoms with E-state index in [1.807, 2.05) is 19.1 Å². The van der Waals surface area contributed by atoms with Crippen molar-refractivity contribution in [2.75, 3.05) is 18.4 Å². The number of nitrogens with zero attached hydrogens (tertiary/aromatic N) is 1. The Morgan fingerprint density at radius 2 is 1.74 bits per heavy atom. The third kappa shape index (κ3) is 4.36. The van der Waals surface area contributed by atoms with Crippen LogP contribution in [0, 0.1) is 18.7 Å². The average molecular weight is 390 g/mol. The zero-order chi connectivity index (χ0) is 19.6. The minimum atomic E-state index is -3.75. The number of sulfonamides is 1. The van der Waals surface area contributed by atoms with E-state index in [1.165, 1.54) is 10.4 Å². The number of carbonyl (C=O) groups excluding carboxylic acids is 1. The minimum Gasteiger partial charge on any atom is -0.322 e. The molecule has 0 bridgehead atoms. The molecule has 1 aliphatic rings. The summed E-state index contributed by atoms with van der Waals surface area (Å²) in [5.41, 5.74) is 1.26. The molecule has 0 aliphatic carbocycles. The maximum atomic E-state index is 14.2. The van der Waals surface area contributed by atoms with E-state index in [1.54, 1.807) is 12.1 Å². The minimum absolute atomic E-state index is 0.0625. The molecule has 7 heteroatoms. The van der Waals surface area contributed by atoms with Crippen LogP contribution in [0.3, 0.4) is 0 Å². The summed E-state index contributed by atoms with van der Waals surface area (Å²) in [5, 5.41) is 2.60. The molecule has 1 amide bonds. The van der Waals surface area contributed by atoms with Crippen LogP contribution in [-0.2, 0) is 10.0 Å². The molecular weight excluding hydrogens is 367 g/mol. The normalized spacial score (nSPS) is 16.3. The van der Waals surface area contributed by atoms with E-state index in [4.69, 9.17) is 0 Å². The Kier molecular flexibility index (Phi) is 5.62. The van der Waals surface area contributed by atoms with Crippen LogP contribution in [0.15, 0.2) is 47.4 Å². The van der Waals surface area contributed by atoms with Gasteiger partial charge in [0, 0.05) is 18.8 Å². The maximum absolute atomic E-state index is 14.2. The highest BCUT2D eigenvalue weighted by atomic mass is 32.2. The number of carbonyl (C=O) groups is 1. The van der Waals surface area contributed by atoms with Crippen molar-refractivity contribution in [1.29, 1.82) is 0 Å². The number of nitrogens with one attached hydrogen (secondary N) is 1. The predicted octanol–water partition coefficient (Wildman–Crippen LogP) is 3.81. The fraction of sp³-hybridized carbons (Fsp3) is 0.350. The topological polar surface area (TPSA) is 66.5 Å². The zero-order valence-electron chi connectivity index (χ0n) is 15.4. The van der Waals surface area contributed by atoms with Crippen molar-refractivity contribution in [3.05, 3.63) is 59.4 Å². The molecule has 1 fully saturated rings. The quantitative estimate of drug-likeness (QED) is 0.863. The summed E-state index contributed by atoms with van der Waals surface area (Å²) in [5.74, 6) is -0.952. The van der Waals surface area contributed by atoms with Crippen LogP contribution in [-0.4, -0.2) is 31.7 Å². The largest absolute Gasteiger partial charge is 0.322 e. The highest BCUT2D eigenvalue weighted by molar-refractivity contribution is 7.89. The van der Waals surface area contributed by atoms with Gasteiger partial charge in [-0.3, -0.25) is 4.79 Å². The Labute approximate surface area is 159 Å². The molecule has 0 atom stereocenters. The number of rotatable bonds is 4. The van der Waals surface area contributed by atoms with Gasteiger partial charge in [0.25, 0.3) is 5.91 Å². The van der Waals surface area contributed by atoms with Crippen molar-refractivity contribution in [3.63, 3.8) is 0 Å². The van der Waals surface area contributed by atoms with Gasteiger partial charge in [0.15, 0.2) is 0 Å². The smallest absolute Gasteiger partial charge is 0.258 e. The molecule has 0 spiro atoms. The van der Waals surface area contributed by atoms with Crippen molar-refractivity contribution in [2.24, 2.45) is 5.92 Å². The molecule has 27 heavy (non-hydrogen) atoms. The molecule has 3 rings (SSSR count).